The lowest BCUT2D eigenvalue weighted by atomic mass is 9.96. The van der Waals surface area contributed by atoms with Crippen molar-refractivity contribution < 1.29 is 5.11 Å². The maximum absolute atomic E-state index is 8.78. The first-order valence-electron chi connectivity index (χ1n) is 5.26. The Labute approximate surface area is 83.7 Å². The van der Waals surface area contributed by atoms with E-state index in [9.17, 15) is 0 Å². The Morgan fingerprint density at radius 1 is 1.57 bits per heavy atom. The van der Waals surface area contributed by atoms with Crippen LogP contribution in [0.5, 0.6) is 0 Å². The van der Waals surface area contributed by atoms with Gasteiger partial charge in [0, 0.05) is 31.2 Å². The van der Waals surface area contributed by atoms with Crippen LogP contribution >= 0.6 is 0 Å². The van der Waals surface area contributed by atoms with Gasteiger partial charge in [-0.3, -0.25) is 5.10 Å². The smallest absolute Gasteiger partial charge is 0.0668 e. The number of aromatic nitrogens is 2. The lowest BCUT2D eigenvalue weighted by Gasteiger charge is -2.20. The number of aliphatic hydroxyl groups excluding tert-OH is 1. The van der Waals surface area contributed by atoms with Crippen molar-refractivity contribution in [3.63, 3.8) is 0 Å². The van der Waals surface area contributed by atoms with Crippen LogP contribution in [0.15, 0.2) is 6.07 Å². The number of nitrogens with one attached hydrogen (secondary N) is 2. The number of nitrogens with zero attached hydrogens (tertiary/aromatic N) is 1. The summed E-state index contributed by atoms with van der Waals surface area (Å²) >= 11 is 0. The Morgan fingerprint density at radius 2 is 2.50 bits per heavy atom. The van der Waals surface area contributed by atoms with Gasteiger partial charge in [-0.15, -0.1) is 0 Å². The summed E-state index contributed by atoms with van der Waals surface area (Å²) in [6, 6.07) is 2.08. The molecule has 2 rings (SSSR count). The van der Waals surface area contributed by atoms with Crippen LogP contribution in [0.1, 0.15) is 30.1 Å². The minimum absolute atomic E-state index is 0.185. The van der Waals surface area contributed by atoms with E-state index < -0.39 is 0 Å². The van der Waals surface area contributed by atoms with E-state index in [-0.39, 0.29) is 6.61 Å². The molecule has 3 N–H and O–H groups in total. The second-order valence-corrected chi connectivity index (χ2v) is 3.83. The standard InChI is InChI=1S/C10H17N3O/c14-5-3-9-6-10(13-12-9)8-2-1-4-11-7-8/h6,8,11,14H,1-5,7H2,(H,12,13)/t8-/m0/s1. The zero-order valence-electron chi connectivity index (χ0n) is 8.29. The van der Waals surface area contributed by atoms with Gasteiger partial charge < -0.3 is 10.4 Å². The highest BCUT2D eigenvalue weighted by molar-refractivity contribution is 5.14. The Balaban J connectivity index is 2.00. The van der Waals surface area contributed by atoms with Gasteiger partial charge >= 0.3 is 0 Å². The predicted octanol–water partition coefficient (Wildman–Crippen LogP) is 0.411. The van der Waals surface area contributed by atoms with Gasteiger partial charge in [0.1, 0.15) is 0 Å². The molecule has 1 fully saturated rings. The number of hydrogen-bond acceptors (Lipinski definition) is 3. The molecular weight excluding hydrogens is 178 g/mol. The molecule has 0 unspecified atom stereocenters. The van der Waals surface area contributed by atoms with Gasteiger partial charge in [0.2, 0.25) is 0 Å². The van der Waals surface area contributed by atoms with Crippen molar-refractivity contribution in [3.05, 3.63) is 17.5 Å². The topological polar surface area (TPSA) is 60.9 Å². The SMILES string of the molecule is OCCc1cc([C@H]2CCCNC2)n[nH]1. The molecule has 1 aromatic rings. The molecule has 0 amide bonds. The van der Waals surface area contributed by atoms with Crippen molar-refractivity contribution >= 4 is 0 Å². The van der Waals surface area contributed by atoms with Crippen LogP contribution < -0.4 is 5.32 Å². The maximum atomic E-state index is 8.78. The average molecular weight is 195 g/mol. The summed E-state index contributed by atoms with van der Waals surface area (Å²) in [5.74, 6) is 0.549. The van der Waals surface area contributed by atoms with Crippen LogP contribution in [0.25, 0.3) is 0 Å². The molecule has 0 spiro atoms. The molecule has 1 atom stereocenters. The Morgan fingerprint density at radius 3 is 3.21 bits per heavy atom. The first kappa shape index (κ1) is 9.68. The summed E-state index contributed by atoms with van der Waals surface area (Å²) in [5, 5.41) is 19.4. The molecule has 1 saturated heterocycles. The van der Waals surface area contributed by atoms with Gasteiger partial charge in [-0.2, -0.15) is 5.10 Å². The second-order valence-electron chi connectivity index (χ2n) is 3.83. The summed E-state index contributed by atoms with van der Waals surface area (Å²) in [4.78, 5) is 0. The van der Waals surface area contributed by atoms with Gasteiger partial charge in [0.05, 0.1) is 5.69 Å². The number of aromatic amines is 1. The normalized spacial score (nSPS) is 22.5. The molecule has 1 aliphatic heterocycles. The third kappa shape index (κ3) is 2.13. The van der Waals surface area contributed by atoms with Gasteiger partial charge in [0.15, 0.2) is 0 Å². The fourth-order valence-electron chi connectivity index (χ4n) is 1.94. The molecule has 1 aliphatic rings. The van der Waals surface area contributed by atoms with Crippen molar-refractivity contribution in [3.8, 4) is 0 Å². The monoisotopic (exact) mass is 195 g/mol. The van der Waals surface area contributed by atoms with Crippen molar-refractivity contribution in [2.75, 3.05) is 19.7 Å². The molecule has 0 radical (unpaired) electrons. The summed E-state index contributed by atoms with van der Waals surface area (Å²) in [7, 11) is 0. The predicted molar refractivity (Wildman–Crippen MR) is 54.2 cm³/mol. The van der Waals surface area contributed by atoms with E-state index in [4.69, 9.17) is 5.11 Å². The average Bonchev–Trinajstić information content (AvgIpc) is 2.68. The number of rotatable bonds is 3. The van der Waals surface area contributed by atoms with E-state index in [1.54, 1.807) is 0 Å². The second kappa shape index (κ2) is 4.57. The number of piperidine rings is 1. The molecule has 1 aromatic heterocycles. The molecule has 14 heavy (non-hydrogen) atoms. The van der Waals surface area contributed by atoms with Crippen molar-refractivity contribution in [1.82, 2.24) is 15.5 Å². The molecule has 0 saturated carbocycles. The summed E-state index contributed by atoms with van der Waals surface area (Å²) in [5.41, 5.74) is 2.17. The lowest BCUT2D eigenvalue weighted by molar-refractivity contribution is 0.298. The van der Waals surface area contributed by atoms with Gasteiger partial charge in [-0.1, -0.05) is 0 Å². The van der Waals surface area contributed by atoms with E-state index in [2.05, 4.69) is 21.6 Å². The van der Waals surface area contributed by atoms with E-state index in [0.717, 1.165) is 24.5 Å². The first-order chi connectivity index (χ1) is 6.90. The molecule has 78 valence electrons. The van der Waals surface area contributed by atoms with E-state index in [0.29, 0.717) is 12.3 Å². The summed E-state index contributed by atoms with van der Waals surface area (Å²) < 4.78 is 0. The molecule has 0 aliphatic carbocycles. The molecule has 0 aromatic carbocycles. The minimum atomic E-state index is 0.185. The third-order valence-corrected chi connectivity index (χ3v) is 2.75. The minimum Gasteiger partial charge on any atom is -0.396 e. The Kier molecular flexibility index (Phi) is 3.16. The van der Waals surface area contributed by atoms with Gasteiger partial charge in [-0.25, -0.2) is 0 Å². The van der Waals surface area contributed by atoms with Crippen LogP contribution in [0.4, 0.5) is 0 Å². The lowest BCUT2D eigenvalue weighted by Crippen LogP contribution is -2.28. The van der Waals surface area contributed by atoms with Crippen LogP contribution in [-0.4, -0.2) is 35.0 Å². The molecule has 4 nitrogen and oxygen atoms in total. The van der Waals surface area contributed by atoms with E-state index >= 15 is 0 Å². The van der Waals surface area contributed by atoms with E-state index in [1.165, 1.54) is 12.8 Å². The van der Waals surface area contributed by atoms with Crippen LogP contribution in [-0.2, 0) is 6.42 Å². The van der Waals surface area contributed by atoms with Crippen molar-refractivity contribution in [2.24, 2.45) is 0 Å². The van der Waals surface area contributed by atoms with Crippen LogP contribution in [0, 0.1) is 0 Å². The quantitative estimate of drug-likeness (QED) is 0.654. The van der Waals surface area contributed by atoms with E-state index in [1.807, 2.05) is 0 Å². The fourth-order valence-corrected chi connectivity index (χ4v) is 1.94. The summed E-state index contributed by atoms with van der Waals surface area (Å²) in [6.07, 6.45) is 3.12. The number of H-pyrrole nitrogens is 1. The van der Waals surface area contributed by atoms with Crippen molar-refractivity contribution in [2.45, 2.75) is 25.2 Å². The molecule has 2 heterocycles. The first-order valence-corrected chi connectivity index (χ1v) is 5.26. The Hall–Kier alpha value is -0.870. The fraction of sp³-hybridized carbons (Fsp3) is 0.700. The largest absolute Gasteiger partial charge is 0.396 e. The summed E-state index contributed by atoms with van der Waals surface area (Å²) in [6.45, 7) is 2.35. The zero-order valence-corrected chi connectivity index (χ0v) is 8.29. The van der Waals surface area contributed by atoms with Gasteiger partial charge in [-0.05, 0) is 25.5 Å². The highest BCUT2D eigenvalue weighted by Gasteiger charge is 2.17. The molecular formula is C10H17N3O. The van der Waals surface area contributed by atoms with Crippen molar-refractivity contribution in [1.29, 1.82) is 0 Å². The highest BCUT2D eigenvalue weighted by atomic mass is 16.3. The highest BCUT2D eigenvalue weighted by Crippen LogP contribution is 2.21. The number of aliphatic hydroxyl groups is 1. The molecule has 0 bridgehead atoms. The molecule has 4 heteroatoms. The van der Waals surface area contributed by atoms with Crippen LogP contribution in [0.3, 0.4) is 0 Å². The van der Waals surface area contributed by atoms with Gasteiger partial charge in [0.25, 0.3) is 0 Å². The third-order valence-electron chi connectivity index (χ3n) is 2.75. The number of hydrogen-bond donors (Lipinski definition) is 3. The van der Waals surface area contributed by atoms with Crippen LogP contribution in [0.2, 0.25) is 0 Å². The zero-order chi connectivity index (χ0) is 9.80. The maximum Gasteiger partial charge on any atom is 0.0668 e. The Bertz CT molecular complexity index is 279.